The maximum Gasteiger partial charge on any atom is 0.244 e. The van der Waals surface area contributed by atoms with Gasteiger partial charge in [0.25, 0.3) is 0 Å². The predicted octanol–water partition coefficient (Wildman–Crippen LogP) is 6.03. The summed E-state index contributed by atoms with van der Waals surface area (Å²) < 4.78 is 37.9. The number of aromatic nitrogens is 1. The van der Waals surface area contributed by atoms with Gasteiger partial charge in [0.15, 0.2) is 0 Å². The van der Waals surface area contributed by atoms with Crippen molar-refractivity contribution >= 4 is 21.4 Å². The molecular formula is C28H28N2O3S2. The molecule has 0 saturated carbocycles. The molecule has 0 spiro atoms. The van der Waals surface area contributed by atoms with Crippen LogP contribution in [-0.2, 0) is 29.4 Å². The third kappa shape index (κ3) is 3.73. The van der Waals surface area contributed by atoms with E-state index in [-0.39, 0.29) is 4.90 Å². The monoisotopic (exact) mass is 504 g/mol. The van der Waals surface area contributed by atoms with Crippen LogP contribution in [0.3, 0.4) is 0 Å². The summed E-state index contributed by atoms with van der Waals surface area (Å²) in [6.45, 7) is 2.41. The zero-order valence-corrected chi connectivity index (χ0v) is 21.5. The van der Waals surface area contributed by atoms with Crippen LogP contribution >= 0.6 is 11.3 Å². The molecule has 1 atom stereocenters. The highest BCUT2D eigenvalue weighted by atomic mass is 32.2. The van der Waals surface area contributed by atoms with Crippen LogP contribution in [-0.4, -0.2) is 24.4 Å². The van der Waals surface area contributed by atoms with Gasteiger partial charge in [0.05, 0.1) is 18.0 Å². The first-order chi connectivity index (χ1) is 17.0. The molecule has 180 valence electrons. The number of thiophene rings is 1. The first-order valence-electron chi connectivity index (χ1n) is 12.0. The van der Waals surface area contributed by atoms with Gasteiger partial charge in [-0.3, -0.25) is 0 Å². The minimum absolute atomic E-state index is 0.279. The van der Waals surface area contributed by atoms with Gasteiger partial charge >= 0.3 is 0 Å². The molecule has 4 aromatic rings. The molecule has 7 heteroatoms. The zero-order chi connectivity index (χ0) is 24.2. The fourth-order valence-electron chi connectivity index (χ4n) is 5.46. The van der Waals surface area contributed by atoms with Gasteiger partial charge in [-0.1, -0.05) is 29.8 Å². The number of methoxy groups -OCH3 is 1. The molecule has 1 aliphatic carbocycles. The number of fused-ring (bicyclic) bond motifs is 5. The molecule has 1 unspecified atom stereocenters. The Labute approximate surface area is 210 Å². The largest absolute Gasteiger partial charge is 0.497 e. The summed E-state index contributed by atoms with van der Waals surface area (Å²) in [6.07, 6.45) is 6.54. The normalized spacial score (nSPS) is 17.8. The highest BCUT2D eigenvalue weighted by Crippen LogP contribution is 2.45. The van der Waals surface area contributed by atoms with Gasteiger partial charge in [-0.15, -0.1) is 11.3 Å². The molecule has 3 heterocycles. The Morgan fingerprint density at radius 1 is 0.971 bits per heavy atom. The second-order valence-electron chi connectivity index (χ2n) is 9.34. The molecule has 0 N–H and O–H groups in total. The highest BCUT2D eigenvalue weighted by molar-refractivity contribution is 7.89. The lowest BCUT2D eigenvalue weighted by Crippen LogP contribution is -2.35. The van der Waals surface area contributed by atoms with Crippen molar-refractivity contribution in [3.8, 4) is 10.8 Å². The number of ether oxygens (including phenoxy) is 1. The van der Waals surface area contributed by atoms with Gasteiger partial charge in [-0.25, -0.2) is 8.42 Å². The minimum Gasteiger partial charge on any atom is -0.497 e. The molecule has 2 aliphatic rings. The first kappa shape index (κ1) is 22.6. The lowest BCUT2D eigenvalue weighted by molar-refractivity contribution is 0.352. The molecule has 35 heavy (non-hydrogen) atoms. The fraction of sp³-hybridized carbons (Fsp3) is 0.286. The topological polar surface area (TPSA) is 51.5 Å². The maximum atomic E-state index is 14.3. The van der Waals surface area contributed by atoms with Gasteiger partial charge in [-0.2, -0.15) is 4.31 Å². The summed E-state index contributed by atoms with van der Waals surface area (Å²) in [5.74, 6) is 0.637. The molecule has 0 fully saturated rings. The van der Waals surface area contributed by atoms with E-state index in [9.17, 15) is 8.42 Å². The average Bonchev–Trinajstić information content (AvgIpc) is 3.46. The van der Waals surface area contributed by atoms with Crippen LogP contribution in [0.4, 0.5) is 0 Å². The molecule has 2 aromatic heterocycles. The average molecular weight is 505 g/mol. The van der Waals surface area contributed by atoms with Crippen LogP contribution in [0.5, 0.6) is 5.75 Å². The zero-order valence-electron chi connectivity index (χ0n) is 19.9. The van der Waals surface area contributed by atoms with Crippen molar-refractivity contribution in [2.75, 3.05) is 7.11 Å². The van der Waals surface area contributed by atoms with Crippen molar-refractivity contribution in [3.63, 3.8) is 0 Å². The standard InChI is InChI=1S/C28H28N2O3S2/c1-19-7-5-8-20(17-19)27-25-10-6-16-29(25)28-24(23-9-3-4-11-26(23)34-28)18-30(27)35(31,32)22-14-12-21(33-2)13-15-22/h5-8,10,12-17,27H,3-4,9,11,18H2,1-2H3. The lowest BCUT2D eigenvalue weighted by atomic mass is 9.95. The van der Waals surface area contributed by atoms with Crippen molar-refractivity contribution in [3.05, 3.63) is 99.7 Å². The summed E-state index contributed by atoms with van der Waals surface area (Å²) in [5.41, 5.74) is 5.58. The number of hydrogen-bond acceptors (Lipinski definition) is 4. The van der Waals surface area contributed by atoms with E-state index in [4.69, 9.17) is 4.74 Å². The Kier molecular flexibility index (Phi) is 5.59. The second-order valence-corrected chi connectivity index (χ2v) is 12.3. The van der Waals surface area contributed by atoms with Crippen molar-refractivity contribution in [1.82, 2.24) is 8.87 Å². The van der Waals surface area contributed by atoms with Crippen molar-refractivity contribution in [1.29, 1.82) is 0 Å². The number of rotatable bonds is 4. The van der Waals surface area contributed by atoms with E-state index in [2.05, 4.69) is 35.9 Å². The van der Waals surface area contributed by atoms with E-state index in [0.29, 0.717) is 12.3 Å². The molecule has 1 aliphatic heterocycles. The fourth-order valence-corrected chi connectivity index (χ4v) is 8.42. The third-order valence-electron chi connectivity index (χ3n) is 7.16. The SMILES string of the molecule is COc1ccc(S(=O)(=O)N2Cc3c(sc4c3CCCC4)-n3cccc3C2c2cccc(C)c2)cc1. The van der Waals surface area contributed by atoms with Gasteiger partial charge in [0.1, 0.15) is 10.8 Å². The molecule has 0 bridgehead atoms. The predicted molar refractivity (Wildman–Crippen MR) is 139 cm³/mol. The highest BCUT2D eigenvalue weighted by Gasteiger charge is 2.40. The lowest BCUT2D eigenvalue weighted by Gasteiger charge is -2.30. The van der Waals surface area contributed by atoms with Gasteiger partial charge in [0, 0.05) is 28.9 Å². The van der Waals surface area contributed by atoms with E-state index >= 15 is 0 Å². The number of sulfonamides is 1. The number of benzene rings is 2. The van der Waals surface area contributed by atoms with Crippen molar-refractivity contribution < 1.29 is 13.2 Å². The summed E-state index contributed by atoms with van der Waals surface area (Å²) >= 11 is 1.84. The Hall–Kier alpha value is -2.87. The molecule has 0 saturated heterocycles. The number of aryl methyl sites for hydroxylation is 2. The Bertz CT molecular complexity index is 1500. The first-order valence-corrected chi connectivity index (χ1v) is 14.3. The van der Waals surface area contributed by atoms with Crippen LogP contribution < -0.4 is 4.74 Å². The molecule has 2 aromatic carbocycles. The van der Waals surface area contributed by atoms with E-state index in [0.717, 1.165) is 41.6 Å². The van der Waals surface area contributed by atoms with Crippen LogP contribution in [0.15, 0.2) is 71.8 Å². The Balaban J connectivity index is 1.59. The van der Waals surface area contributed by atoms with Crippen molar-refractivity contribution in [2.45, 2.75) is 50.1 Å². The van der Waals surface area contributed by atoms with E-state index in [1.54, 1.807) is 35.7 Å². The molecule has 5 nitrogen and oxygen atoms in total. The van der Waals surface area contributed by atoms with Crippen LogP contribution in [0, 0.1) is 6.92 Å². The van der Waals surface area contributed by atoms with Gasteiger partial charge in [-0.05, 0) is 80.1 Å². The van der Waals surface area contributed by atoms with Crippen LogP contribution in [0.2, 0.25) is 0 Å². The maximum absolute atomic E-state index is 14.3. The van der Waals surface area contributed by atoms with Crippen LogP contribution in [0.25, 0.3) is 5.00 Å². The van der Waals surface area contributed by atoms with E-state index in [1.165, 1.54) is 21.9 Å². The van der Waals surface area contributed by atoms with E-state index in [1.807, 2.05) is 29.5 Å². The molecule has 6 rings (SSSR count). The summed E-state index contributed by atoms with van der Waals surface area (Å²) in [4.78, 5) is 1.69. The molecule has 0 radical (unpaired) electrons. The number of hydrogen-bond donors (Lipinski definition) is 0. The third-order valence-corrected chi connectivity index (χ3v) is 10.3. The van der Waals surface area contributed by atoms with Crippen LogP contribution in [0.1, 0.15) is 51.7 Å². The Morgan fingerprint density at radius 3 is 2.54 bits per heavy atom. The quantitative estimate of drug-likeness (QED) is 0.341. The van der Waals surface area contributed by atoms with E-state index < -0.39 is 16.1 Å². The smallest absolute Gasteiger partial charge is 0.244 e. The van der Waals surface area contributed by atoms with Gasteiger partial charge < -0.3 is 9.30 Å². The Morgan fingerprint density at radius 2 is 1.77 bits per heavy atom. The number of nitrogens with zero attached hydrogens (tertiary/aromatic N) is 2. The second kappa shape index (κ2) is 8.66. The summed E-state index contributed by atoms with van der Waals surface area (Å²) in [7, 11) is -2.23. The summed E-state index contributed by atoms with van der Waals surface area (Å²) in [5, 5.41) is 1.17. The molecule has 0 amide bonds. The van der Waals surface area contributed by atoms with Gasteiger partial charge in [0.2, 0.25) is 10.0 Å². The minimum atomic E-state index is -3.82. The summed E-state index contributed by atoms with van der Waals surface area (Å²) in [6, 6.07) is 18.6. The van der Waals surface area contributed by atoms with Crippen molar-refractivity contribution in [2.24, 2.45) is 0 Å². The molecular weight excluding hydrogens is 476 g/mol.